The minimum absolute atomic E-state index is 0.0265. The minimum Gasteiger partial charge on any atom is -0.493 e. The van der Waals surface area contributed by atoms with Crippen molar-refractivity contribution >= 4 is 11.8 Å². The van der Waals surface area contributed by atoms with E-state index < -0.39 is 0 Å². The standard InChI is InChI=1S/C33H47N3O5/c1-23(2)36(33(38)27-13-14-30(40-5)31(18-27)41-16-8-15-39-4)22-29-20-34-19-28(29)21-35(3)32(37)26-12-11-24-9-6-7-10-25(24)17-26/h6-7,9-10,13-14,18,23,26,28-29,34H,8,11-12,15-17,19-22H2,1-5H3/t26?,28?,29-/m0/s1. The van der Waals surface area contributed by atoms with Gasteiger partial charge in [-0.05, 0) is 74.3 Å². The monoisotopic (exact) mass is 565 g/mol. The zero-order valence-corrected chi connectivity index (χ0v) is 25.4. The van der Waals surface area contributed by atoms with Gasteiger partial charge in [-0.2, -0.15) is 0 Å². The Hall–Kier alpha value is -3.10. The van der Waals surface area contributed by atoms with Crippen molar-refractivity contribution in [1.82, 2.24) is 15.1 Å². The number of carbonyl (C=O) groups is 2. The first-order chi connectivity index (χ1) is 19.8. The van der Waals surface area contributed by atoms with Gasteiger partial charge in [-0.15, -0.1) is 0 Å². The molecule has 0 spiro atoms. The quantitative estimate of drug-likeness (QED) is 0.369. The number of fused-ring (bicyclic) bond motifs is 1. The van der Waals surface area contributed by atoms with Gasteiger partial charge in [-0.3, -0.25) is 9.59 Å². The van der Waals surface area contributed by atoms with Crippen molar-refractivity contribution in [2.75, 3.05) is 60.7 Å². The second-order valence-corrected chi connectivity index (χ2v) is 11.7. The summed E-state index contributed by atoms with van der Waals surface area (Å²) >= 11 is 0. The largest absolute Gasteiger partial charge is 0.493 e. The summed E-state index contributed by atoms with van der Waals surface area (Å²) < 4.78 is 16.5. The first-order valence-corrected chi connectivity index (χ1v) is 15.0. The second kappa shape index (κ2) is 14.7. The lowest BCUT2D eigenvalue weighted by atomic mass is 9.83. The molecule has 2 aromatic carbocycles. The van der Waals surface area contributed by atoms with Crippen LogP contribution in [0, 0.1) is 17.8 Å². The highest BCUT2D eigenvalue weighted by Crippen LogP contribution is 2.30. The average Bonchev–Trinajstić information content (AvgIpc) is 3.43. The molecule has 1 aliphatic carbocycles. The fourth-order valence-corrected chi connectivity index (χ4v) is 6.13. The van der Waals surface area contributed by atoms with Crippen LogP contribution in [0.4, 0.5) is 0 Å². The van der Waals surface area contributed by atoms with Crippen LogP contribution in [0.3, 0.4) is 0 Å². The third-order valence-corrected chi connectivity index (χ3v) is 8.54. The number of carbonyl (C=O) groups excluding carboxylic acids is 2. The number of benzene rings is 2. The Kier molecular flexibility index (Phi) is 11.1. The van der Waals surface area contributed by atoms with Gasteiger partial charge >= 0.3 is 0 Å². The SMILES string of the molecule is COCCCOc1cc(C(=O)N(C[C@@H]2CNCC2CN(C)C(=O)C2CCc3ccccc3C2)C(C)C)ccc1OC. The van der Waals surface area contributed by atoms with E-state index in [0.717, 1.165) is 38.8 Å². The molecular formula is C33H47N3O5. The van der Waals surface area contributed by atoms with Crippen molar-refractivity contribution in [2.24, 2.45) is 17.8 Å². The van der Waals surface area contributed by atoms with Crippen LogP contribution in [0.15, 0.2) is 42.5 Å². The van der Waals surface area contributed by atoms with Gasteiger partial charge in [-0.1, -0.05) is 24.3 Å². The van der Waals surface area contributed by atoms with Gasteiger partial charge in [0.25, 0.3) is 5.91 Å². The normalized spacial score (nSPS) is 20.0. The molecule has 0 aromatic heterocycles. The van der Waals surface area contributed by atoms with Crippen molar-refractivity contribution in [2.45, 2.75) is 45.6 Å². The molecule has 8 nitrogen and oxygen atoms in total. The summed E-state index contributed by atoms with van der Waals surface area (Å²) in [4.78, 5) is 31.1. The number of methoxy groups -OCH3 is 2. The minimum atomic E-state index is -0.0275. The third kappa shape index (κ3) is 7.80. The van der Waals surface area contributed by atoms with Crippen LogP contribution >= 0.6 is 0 Å². The van der Waals surface area contributed by atoms with Gasteiger partial charge in [0, 0.05) is 70.9 Å². The molecule has 4 rings (SSSR count). The van der Waals surface area contributed by atoms with Gasteiger partial charge in [0.05, 0.1) is 13.7 Å². The molecule has 1 saturated heterocycles. The van der Waals surface area contributed by atoms with Gasteiger partial charge in [0.15, 0.2) is 11.5 Å². The van der Waals surface area contributed by atoms with Crippen LogP contribution in [0.1, 0.15) is 48.2 Å². The molecular weight excluding hydrogens is 518 g/mol. The first-order valence-electron chi connectivity index (χ1n) is 15.0. The molecule has 1 aliphatic heterocycles. The van der Waals surface area contributed by atoms with Crippen molar-refractivity contribution in [3.63, 3.8) is 0 Å². The van der Waals surface area contributed by atoms with E-state index in [0.29, 0.717) is 43.4 Å². The number of ether oxygens (including phenoxy) is 3. The molecule has 2 aromatic rings. The number of nitrogens with zero attached hydrogens (tertiary/aromatic N) is 2. The van der Waals surface area contributed by atoms with Crippen molar-refractivity contribution in [1.29, 1.82) is 0 Å². The molecule has 1 heterocycles. The molecule has 41 heavy (non-hydrogen) atoms. The summed E-state index contributed by atoms with van der Waals surface area (Å²) in [6.45, 7) is 8.18. The smallest absolute Gasteiger partial charge is 0.254 e. The summed E-state index contributed by atoms with van der Waals surface area (Å²) in [7, 11) is 5.20. The lowest BCUT2D eigenvalue weighted by Gasteiger charge is -2.34. The highest BCUT2D eigenvalue weighted by molar-refractivity contribution is 5.95. The maximum atomic E-state index is 13.8. The Labute approximate surface area is 245 Å². The predicted molar refractivity (Wildman–Crippen MR) is 161 cm³/mol. The fraction of sp³-hybridized carbons (Fsp3) is 0.576. The van der Waals surface area contributed by atoms with E-state index in [2.05, 4.69) is 43.4 Å². The lowest BCUT2D eigenvalue weighted by molar-refractivity contribution is -0.135. The maximum Gasteiger partial charge on any atom is 0.254 e. The van der Waals surface area contributed by atoms with Crippen LogP contribution in [0.25, 0.3) is 0 Å². The van der Waals surface area contributed by atoms with Gasteiger partial charge in [-0.25, -0.2) is 0 Å². The van der Waals surface area contributed by atoms with E-state index in [-0.39, 0.29) is 35.6 Å². The maximum absolute atomic E-state index is 13.8. The lowest BCUT2D eigenvalue weighted by Crippen LogP contribution is -2.44. The predicted octanol–water partition coefficient (Wildman–Crippen LogP) is 4.06. The van der Waals surface area contributed by atoms with Gasteiger partial charge < -0.3 is 29.3 Å². The van der Waals surface area contributed by atoms with E-state index in [1.807, 2.05) is 16.8 Å². The van der Waals surface area contributed by atoms with E-state index in [4.69, 9.17) is 14.2 Å². The van der Waals surface area contributed by atoms with Crippen LogP contribution in [-0.2, 0) is 22.4 Å². The molecule has 2 amide bonds. The van der Waals surface area contributed by atoms with E-state index in [9.17, 15) is 9.59 Å². The van der Waals surface area contributed by atoms with Crippen LogP contribution < -0.4 is 14.8 Å². The summed E-state index contributed by atoms with van der Waals surface area (Å²) in [5.74, 6) is 1.94. The van der Waals surface area contributed by atoms with E-state index in [1.54, 1.807) is 32.4 Å². The zero-order valence-electron chi connectivity index (χ0n) is 25.4. The Morgan fingerprint density at radius 1 is 0.976 bits per heavy atom. The Morgan fingerprint density at radius 3 is 2.41 bits per heavy atom. The van der Waals surface area contributed by atoms with E-state index in [1.165, 1.54) is 11.1 Å². The summed E-state index contributed by atoms with van der Waals surface area (Å²) in [6.07, 6.45) is 3.44. The summed E-state index contributed by atoms with van der Waals surface area (Å²) in [5.41, 5.74) is 3.26. The summed E-state index contributed by atoms with van der Waals surface area (Å²) in [6, 6.07) is 13.9. The molecule has 1 N–H and O–H groups in total. The Bertz CT molecular complexity index is 1170. The number of aryl methyl sites for hydroxylation is 1. The highest BCUT2D eigenvalue weighted by atomic mass is 16.5. The molecule has 3 atom stereocenters. The molecule has 0 saturated carbocycles. The van der Waals surface area contributed by atoms with Crippen molar-refractivity contribution in [3.8, 4) is 11.5 Å². The van der Waals surface area contributed by atoms with Crippen LogP contribution in [0.2, 0.25) is 0 Å². The molecule has 2 unspecified atom stereocenters. The summed E-state index contributed by atoms with van der Waals surface area (Å²) in [5, 5.41) is 3.52. The van der Waals surface area contributed by atoms with Crippen LogP contribution in [-0.4, -0.2) is 88.3 Å². The second-order valence-electron chi connectivity index (χ2n) is 11.7. The number of nitrogens with one attached hydrogen (secondary N) is 1. The number of amides is 2. The van der Waals surface area contributed by atoms with Crippen LogP contribution in [0.5, 0.6) is 11.5 Å². The molecule has 0 bridgehead atoms. The first kappa shape index (κ1) is 30.8. The molecule has 224 valence electrons. The molecule has 2 aliphatic rings. The number of rotatable bonds is 13. The Morgan fingerprint density at radius 2 is 1.71 bits per heavy atom. The van der Waals surface area contributed by atoms with Gasteiger partial charge in [0.2, 0.25) is 5.91 Å². The molecule has 8 heteroatoms. The molecule has 1 fully saturated rings. The Balaban J connectivity index is 1.39. The third-order valence-electron chi connectivity index (χ3n) is 8.54. The highest BCUT2D eigenvalue weighted by Gasteiger charge is 2.34. The topological polar surface area (TPSA) is 80.3 Å². The van der Waals surface area contributed by atoms with E-state index >= 15 is 0 Å². The molecule has 0 radical (unpaired) electrons. The van der Waals surface area contributed by atoms with Crippen molar-refractivity contribution < 1.29 is 23.8 Å². The zero-order chi connectivity index (χ0) is 29.4. The number of hydrogen-bond acceptors (Lipinski definition) is 6. The average molecular weight is 566 g/mol. The fourth-order valence-electron chi connectivity index (χ4n) is 6.13. The van der Waals surface area contributed by atoms with Crippen molar-refractivity contribution in [3.05, 3.63) is 59.2 Å². The number of hydrogen-bond donors (Lipinski definition) is 1. The van der Waals surface area contributed by atoms with Gasteiger partial charge in [0.1, 0.15) is 0 Å².